The summed E-state index contributed by atoms with van der Waals surface area (Å²) in [7, 11) is -1.72. The summed E-state index contributed by atoms with van der Waals surface area (Å²) in [5.41, 5.74) is 1.77. The van der Waals surface area contributed by atoms with Crippen molar-refractivity contribution in [2.75, 3.05) is 39.8 Å². The highest BCUT2D eigenvalue weighted by atomic mass is 32.2. The lowest BCUT2D eigenvalue weighted by Crippen LogP contribution is -3.15. The summed E-state index contributed by atoms with van der Waals surface area (Å²) in [6.07, 6.45) is 0. The van der Waals surface area contributed by atoms with Gasteiger partial charge in [-0.25, -0.2) is 8.42 Å². The maximum Gasteiger partial charge on any atom is 0.275 e. The van der Waals surface area contributed by atoms with Gasteiger partial charge >= 0.3 is 0 Å². The summed E-state index contributed by atoms with van der Waals surface area (Å²) >= 11 is 0. The zero-order chi connectivity index (χ0) is 20.7. The fourth-order valence-electron chi connectivity index (χ4n) is 3.41. The zero-order valence-electron chi connectivity index (χ0n) is 16.6. The highest BCUT2D eigenvalue weighted by molar-refractivity contribution is 7.88. The number of piperazine rings is 1. The number of benzene rings is 2. The predicted molar refractivity (Wildman–Crippen MR) is 111 cm³/mol. The monoisotopic (exact) mass is 418 g/mol. The molecule has 3 rings (SSSR count). The minimum absolute atomic E-state index is 0.0181. The number of carbonyl (C=O) groups is 1. The third kappa shape index (κ3) is 6.28. The standard InChI is InChI=1S/C21H27N3O4S/c1-28-20-9-5-8-19(14-20)15-22-21(25)16-23-10-12-24(13-11-23)29(26,27)17-18-6-3-2-4-7-18/h2-9,14H,10-13,15-17H2,1H3,(H,22,25)/p+1. The average Bonchev–Trinajstić information content (AvgIpc) is 2.73. The lowest BCUT2D eigenvalue weighted by Gasteiger charge is -2.31. The lowest BCUT2D eigenvalue weighted by molar-refractivity contribution is -0.895. The fraction of sp³-hybridized carbons (Fsp3) is 0.381. The van der Waals surface area contributed by atoms with Crippen LogP contribution >= 0.6 is 0 Å². The first-order chi connectivity index (χ1) is 14.0. The van der Waals surface area contributed by atoms with Crippen LogP contribution in [0.3, 0.4) is 0 Å². The van der Waals surface area contributed by atoms with Crippen LogP contribution in [0.1, 0.15) is 11.1 Å². The molecule has 0 aliphatic carbocycles. The first-order valence-electron chi connectivity index (χ1n) is 9.71. The Morgan fingerprint density at radius 1 is 1.07 bits per heavy atom. The Labute approximate surface area is 172 Å². The molecule has 1 heterocycles. The molecule has 8 heteroatoms. The Morgan fingerprint density at radius 2 is 1.76 bits per heavy atom. The maximum atomic E-state index is 12.6. The summed E-state index contributed by atoms with van der Waals surface area (Å²) in [6, 6.07) is 16.8. The second kappa shape index (κ2) is 9.87. The number of ether oxygens (including phenoxy) is 1. The van der Waals surface area contributed by atoms with E-state index < -0.39 is 10.0 Å². The van der Waals surface area contributed by atoms with Crippen LogP contribution in [0, 0.1) is 0 Å². The van der Waals surface area contributed by atoms with E-state index in [1.54, 1.807) is 7.11 Å². The van der Waals surface area contributed by atoms with Gasteiger partial charge in [0.05, 0.1) is 39.0 Å². The second-order valence-corrected chi connectivity index (χ2v) is 9.16. The van der Waals surface area contributed by atoms with Crippen molar-refractivity contribution in [3.63, 3.8) is 0 Å². The Balaban J connectivity index is 1.43. The van der Waals surface area contributed by atoms with Gasteiger partial charge in [0, 0.05) is 6.54 Å². The van der Waals surface area contributed by atoms with E-state index in [4.69, 9.17) is 4.74 Å². The molecule has 0 atom stereocenters. The molecular weight excluding hydrogens is 390 g/mol. The topological polar surface area (TPSA) is 80.2 Å². The average molecular weight is 419 g/mol. The van der Waals surface area contributed by atoms with Gasteiger partial charge in [-0.3, -0.25) is 4.79 Å². The fourth-order valence-corrected chi connectivity index (χ4v) is 4.94. The van der Waals surface area contributed by atoms with Gasteiger partial charge in [-0.15, -0.1) is 0 Å². The number of hydrogen-bond acceptors (Lipinski definition) is 4. The molecule has 1 aliphatic rings. The van der Waals surface area contributed by atoms with Crippen LogP contribution in [0.2, 0.25) is 0 Å². The summed E-state index contributed by atoms with van der Waals surface area (Å²) < 4.78 is 32.0. The van der Waals surface area contributed by atoms with Gasteiger partial charge in [0.25, 0.3) is 5.91 Å². The Hall–Kier alpha value is -2.42. The Kier molecular flexibility index (Phi) is 7.24. The largest absolute Gasteiger partial charge is 0.497 e. The molecule has 1 fully saturated rings. The smallest absolute Gasteiger partial charge is 0.275 e. The van der Waals surface area contributed by atoms with Crippen molar-refractivity contribution >= 4 is 15.9 Å². The molecule has 0 saturated carbocycles. The molecule has 0 radical (unpaired) electrons. The number of hydrogen-bond donors (Lipinski definition) is 2. The molecule has 156 valence electrons. The summed E-state index contributed by atoms with van der Waals surface area (Å²) in [5, 5.41) is 2.92. The summed E-state index contributed by atoms with van der Waals surface area (Å²) in [5.74, 6) is 0.739. The van der Waals surface area contributed by atoms with E-state index in [1.807, 2.05) is 54.6 Å². The van der Waals surface area contributed by atoms with E-state index in [1.165, 1.54) is 4.31 Å². The number of nitrogens with one attached hydrogen (secondary N) is 2. The molecule has 0 unspecified atom stereocenters. The molecular formula is C21H28N3O4S+. The first kappa shape index (κ1) is 21.3. The maximum absolute atomic E-state index is 12.6. The van der Waals surface area contributed by atoms with Crippen LogP contribution in [-0.2, 0) is 27.1 Å². The number of amides is 1. The van der Waals surface area contributed by atoms with Gasteiger partial charge in [-0.05, 0) is 23.3 Å². The molecule has 0 bridgehead atoms. The second-order valence-electron chi connectivity index (χ2n) is 7.20. The van der Waals surface area contributed by atoms with Crippen LogP contribution < -0.4 is 15.0 Å². The Morgan fingerprint density at radius 3 is 2.45 bits per heavy atom. The zero-order valence-corrected chi connectivity index (χ0v) is 17.5. The number of carbonyl (C=O) groups excluding carboxylic acids is 1. The van der Waals surface area contributed by atoms with Crippen LogP contribution in [0.15, 0.2) is 54.6 Å². The molecule has 1 saturated heterocycles. The third-order valence-corrected chi connectivity index (χ3v) is 6.90. The van der Waals surface area contributed by atoms with E-state index >= 15 is 0 Å². The minimum atomic E-state index is -3.33. The molecule has 2 aromatic rings. The van der Waals surface area contributed by atoms with E-state index in [9.17, 15) is 13.2 Å². The van der Waals surface area contributed by atoms with Gasteiger partial charge in [0.1, 0.15) is 5.75 Å². The van der Waals surface area contributed by atoms with Crippen molar-refractivity contribution in [3.8, 4) is 5.75 Å². The van der Waals surface area contributed by atoms with Gasteiger partial charge < -0.3 is 15.0 Å². The highest BCUT2D eigenvalue weighted by Gasteiger charge is 2.29. The van der Waals surface area contributed by atoms with E-state index in [0.717, 1.165) is 21.8 Å². The molecule has 1 aliphatic heterocycles. The van der Waals surface area contributed by atoms with Crippen LogP contribution in [0.4, 0.5) is 0 Å². The minimum Gasteiger partial charge on any atom is -0.497 e. The molecule has 1 amide bonds. The molecule has 2 N–H and O–H groups in total. The van der Waals surface area contributed by atoms with Gasteiger partial charge in [0.2, 0.25) is 10.0 Å². The van der Waals surface area contributed by atoms with Crippen LogP contribution in [0.25, 0.3) is 0 Å². The molecule has 29 heavy (non-hydrogen) atoms. The molecule has 0 spiro atoms. The van der Waals surface area contributed by atoms with E-state index in [0.29, 0.717) is 39.3 Å². The third-order valence-electron chi connectivity index (χ3n) is 5.05. The number of sulfonamides is 1. The van der Waals surface area contributed by atoms with Gasteiger partial charge in [0.15, 0.2) is 6.54 Å². The quantitative estimate of drug-likeness (QED) is 0.635. The lowest BCUT2D eigenvalue weighted by atomic mass is 10.2. The van der Waals surface area contributed by atoms with Crippen molar-refractivity contribution < 1.29 is 22.8 Å². The normalized spacial score (nSPS) is 15.8. The molecule has 0 aromatic heterocycles. The van der Waals surface area contributed by atoms with E-state index in [-0.39, 0.29) is 11.7 Å². The van der Waals surface area contributed by atoms with Crippen molar-refractivity contribution in [2.24, 2.45) is 0 Å². The highest BCUT2D eigenvalue weighted by Crippen LogP contribution is 2.12. The Bertz CT molecular complexity index is 911. The van der Waals surface area contributed by atoms with Crippen LogP contribution in [-0.4, -0.2) is 58.5 Å². The van der Waals surface area contributed by atoms with Gasteiger partial charge in [-0.1, -0.05) is 42.5 Å². The van der Waals surface area contributed by atoms with Crippen molar-refractivity contribution in [3.05, 3.63) is 65.7 Å². The summed E-state index contributed by atoms with van der Waals surface area (Å²) in [6.45, 7) is 2.92. The molecule has 2 aromatic carbocycles. The van der Waals surface area contributed by atoms with Gasteiger partial charge in [-0.2, -0.15) is 4.31 Å². The number of nitrogens with zero attached hydrogens (tertiary/aromatic N) is 1. The number of methoxy groups -OCH3 is 1. The first-order valence-corrected chi connectivity index (χ1v) is 11.3. The van der Waals surface area contributed by atoms with Crippen molar-refractivity contribution in [2.45, 2.75) is 12.3 Å². The van der Waals surface area contributed by atoms with E-state index in [2.05, 4.69) is 5.32 Å². The van der Waals surface area contributed by atoms with Crippen molar-refractivity contribution in [1.29, 1.82) is 0 Å². The molecule has 7 nitrogen and oxygen atoms in total. The number of rotatable bonds is 8. The predicted octanol–water partition coefficient (Wildman–Crippen LogP) is 0.0419. The summed E-state index contributed by atoms with van der Waals surface area (Å²) in [4.78, 5) is 13.4. The number of quaternary nitrogens is 1. The SMILES string of the molecule is COc1cccc(CNC(=O)C[NH+]2CCN(S(=O)(=O)Cc3ccccc3)CC2)c1. The van der Waals surface area contributed by atoms with Crippen LogP contribution in [0.5, 0.6) is 5.75 Å². The van der Waals surface area contributed by atoms with Crippen molar-refractivity contribution in [1.82, 2.24) is 9.62 Å².